The van der Waals surface area contributed by atoms with Crippen molar-refractivity contribution in [2.24, 2.45) is 5.92 Å². The summed E-state index contributed by atoms with van der Waals surface area (Å²) in [6, 6.07) is 6.29. The van der Waals surface area contributed by atoms with Crippen molar-refractivity contribution in [3.63, 3.8) is 0 Å². The number of amides is 1. The molecule has 0 saturated heterocycles. The standard InChI is InChI=1S/C14H18FNO3/c1-10(14(19)16-8-7-13(17)18)5-6-11-3-2-4-12(15)9-11/h2-4,9-10H,5-8H2,1H3,(H,16,19)(H,17,18). The number of rotatable bonds is 7. The van der Waals surface area contributed by atoms with Gasteiger partial charge in [0.25, 0.3) is 0 Å². The number of carbonyl (C=O) groups excluding carboxylic acids is 1. The van der Waals surface area contributed by atoms with Crippen LogP contribution in [0.25, 0.3) is 0 Å². The van der Waals surface area contributed by atoms with Gasteiger partial charge in [0.05, 0.1) is 6.42 Å². The minimum Gasteiger partial charge on any atom is -0.481 e. The highest BCUT2D eigenvalue weighted by Gasteiger charge is 2.12. The minimum absolute atomic E-state index is 0.0810. The zero-order chi connectivity index (χ0) is 14.3. The Balaban J connectivity index is 2.32. The molecule has 0 saturated carbocycles. The molecule has 0 fully saturated rings. The number of halogens is 1. The first kappa shape index (κ1) is 15.1. The Hall–Kier alpha value is -1.91. The van der Waals surface area contributed by atoms with Gasteiger partial charge in [0.15, 0.2) is 0 Å². The number of hydrogen-bond donors (Lipinski definition) is 2. The number of aliphatic carboxylic acids is 1. The van der Waals surface area contributed by atoms with E-state index < -0.39 is 5.97 Å². The lowest BCUT2D eigenvalue weighted by Crippen LogP contribution is -2.31. The molecule has 1 unspecified atom stereocenters. The Morgan fingerprint density at radius 2 is 2.16 bits per heavy atom. The van der Waals surface area contributed by atoms with Gasteiger partial charge < -0.3 is 10.4 Å². The second kappa shape index (κ2) is 7.51. The van der Waals surface area contributed by atoms with Crippen molar-refractivity contribution in [3.8, 4) is 0 Å². The molecule has 0 aliphatic rings. The summed E-state index contributed by atoms with van der Waals surface area (Å²) in [5.74, 6) is -1.61. The molecule has 5 heteroatoms. The van der Waals surface area contributed by atoms with Gasteiger partial charge in [0.2, 0.25) is 5.91 Å². The Labute approximate surface area is 111 Å². The molecule has 1 rings (SSSR count). The van der Waals surface area contributed by atoms with E-state index in [-0.39, 0.29) is 30.6 Å². The number of nitrogens with one attached hydrogen (secondary N) is 1. The maximum Gasteiger partial charge on any atom is 0.305 e. The number of carboxylic acids is 1. The lowest BCUT2D eigenvalue weighted by molar-refractivity contribution is -0.137. The van der Waals surface area contributed by atoms with E-state index in [1.54, 1.807) is 13.0 Å². The predicted molar refractivity (Wildman–Crippen MR) is 69.1 cm³/mol. The third kappa shape index (κ3) is 5.99. The van der Waals surface area contributed by atoms with E-state index in [0.29, 0.717) is 12.8 Å². The second-order valence-corrected chi connectivity index (χ2v) is 4.50. The van der Waals surface area contributed by atoms with Crippen LogP contribution in [-0.4, -0.2) is 23.5 Å². The van der Waals surface area contributed by atoms with Crippen molar-refractivity contribution >= 4 is 11.9 Å². The van der Waals surface area contributed by atoms with Crippen molar-refractivity contribution in [1.29, 1.82) is 0 Å². The topological polar surface area (TPSA) is 66.4 Å². The molecular weight excluding hydrogens is 249 g/mol. The molecule has 1 aromatic carbocycles. The van der Waals surface area contributed by atoms with E-state index in [1.165, 1.54) is 12.1 Å². The quantitative estimate of drug-likeness (QED) is 0.794. The molecule has 0 radical (unpaired) electrons. The highest BCUT2D eigenvalue weighted by molar-refractivity contribution is 5.78. The zero-order valence-electron chi connectivity index (χ0n) is 10.9. The largest absolute Gasteiger partial charge is 0.481 e. The number of aryl methyl sites for hydroxylation is 1. The van der Waals surface area contributed by atoms with Crippen molar-refractivity contribution < 1.29 is 19.1 Å². The van der Waals surface area contributed by atoms with E-state index >= 15 is 0 Å². The van der Waals surface area contributed by atoms with Crippen LogP contribution in [0.2, 0.25) is 0 Å². The molecule has 0 spiro atoms. The monoisotopic (exact) mass is 267 g/mol. The zero-order valence-corrected chi connectivity index (χ0v) is 10.9. The third-order valence-electron chi connectivity index (χ3n) is 2.84. The first-order valence-electron chi connectivity index (χ1n) is 6.23. The Bertz CT molecular complexity index is 448. The molecule has 19 heavy (non-hydrogen) atoms. The predicted octanol–water partition coefficient (Wildman–Crippen LogP) is 1.99. The summed E-state index contributed by atoms with van der Waals surface area (Å²) in [7, 11) is 0. The van der Waals surface area contributed by atoms with Gasteiger partial charge in [-0.3, -0.25) is 9.59 Å². The molecular formula is C14H18FNO3. The van der Waals surface area contributed by atoms with Gasteiger partial charge in [-0.25, -0.2) is 4.39 Å². The van der Waals surface area contributed by atoms with Crippen LogP contribution in [0.1, 0.15) is 25.3 Å². The molecule has 2 N–H and O–H groups in total. The van der Waals surface area contributed by atoms with Crippen molar-refractivity contribution in [2.75, 3.05) is 6.54 Å². The maximum atomic E-state index is 13.0. The molecule has 0 aromatic heterocycles. The summed E-state index contributed by atoms with van der Waals surface area (Å²) in [5.41, 5.74) is 0.852. The van der Waals surface area contributed by atoms with Crippen LogP contribution in [0, 0.1) is 11.7 Å². The first-order valence-corrected chi connectivity index (χ1v) is 6.23. The smallest absolute Gasteiger partial charge is 0.305 e. The molecule has 4 nitrogen and oxygen atoms in total. The third-order valence-corrected chi connectivity index (χ3v) is 2.84. The van der Waals surface area contributed by atoms with Gasteiger partial charge in [-0.05, 0) is 30.5 Å². The molecule has 1 aromatic rings. The molecule has 0 aliphatic heterocycles. The van der Waals surface area contributed by atoms with Crippen molar-refractivity contribution in [3.05, 3.63) is 35.6 Å². The van der Waals surface area contributed by atoms with Gasteiger partial charge in [-0.15, -0.1) is 0 Å². The fraction of sp³-hybridized carbons (Fsp3) is 0.429. The SMILES string of the molecule is CC(CCc1cccc(F)c1)C(=O)NCCC(=O)O. The van der Waals surface area contributed by atoms with Gasteiger partial charge in [0, 0.05) is 12.5 Å². The number of carbonyl (C=O) groups is 2. The van der Waals surface area contributed by atoms with Gasteiger partial charge in [0.1, 0.15) is 5.82 Å². The van der Waals surface area contributed by atoms with E-state index in [9.17, 15) is 14.0 Å². The summed E-state index contributed by atoms with van der Waals surface area (Å²) < 4.78 is 13.0. The highest BCUT2D eigenvalue weighted by Crippen LogP contribution is 2.11. The van der Waals surface area contributed by atoms with Crippen LogP contribution in [0.3, 0.4) is 0 Å². The van der Waals surface area contributed by atoms with E-state index in [2.05, 4.69) is 5.32 Å². The fourth-order valence-electron chi connectivity index (χ4n) is 1.67. The summed E-state index contributed by atoms with van der Waals surface area (Å²) in [4.78, 5) is 21.9. The van der Waals surface area contributed by atoms with Crippen molar-refractivity contribution in [1.82, 2.24) is 5.32 Å². The van der Waals surface area contributed by atoms with Gasteiger partial charge in [-0.1, -0.05) is 19.1 Å². The first-order chi connectivity index (χ1) is 8.99. The summed E-state index contributed by atoms with van der Waals surface area (Å²) in [6.45, 7) is 1.91. The normalized spacial score (nSPS) is 11.9. The Morgan fingerprint density at radius 1 is 1.42 bits per heavy atom. The Kier molecular flexibility index (Phi) is 5.99. The lowest BCUT2D eigenvalue weighted by Gasteiger charge is -2.11. The number of benzene rings is 1. The van der Waals surface area contributed by atoms with Crippen LogP contribution in [0.15, 0.2) is 24.3 Å². The summed E-state index contributed by atoms with van der Waals surface area (Å²) in [5, 5.41) is 11.0. The molecule has 0 bridgehead atoms. The van der Waals surface area contributed by atoms with Crippen LogP contribution >= 0.6 is 0 Å². The average Bonchev–Trinajstić information content (AvgIpc) is 2.35. The van der Waals surface area contributed by atoms with Crippen LogP contribution in [0.5, 0.6) is 0 Å². The average molecular weight is 267 g/mol. The van der Waals surface area contributed by atoms with Gasteiger partial charge >= 0.3 is 5.97 Å². The Morgan fingerprint density at radius 3 is 2.79 bits per heavy atom. The van der Waals surface area contributed by atoms with E-state index in [4.69, 9.17) is 5.11 Å². The van der Waals surface area contributed by atoms with E-state index in [0.717, 1.165) is 5.56 Å². The summed E-state index contributed by atoms with van der Waals surface area (Å²) >= 11 is 0. The highest BCUT2D eigenvalue weighted by atomic mass is 19.1. The minimum atomic E-state index is -0.937. The van der Waals surface area contributed by atoms with Crippen LogP contribution in [0.4, 0.5) is 4.39 Å². The van der Waals surface area contributed by atoms with Gasteiger partial charge in [-0.2, -0.15) is 0 Å². The summed E-state index contributed by atoms with van der Waals surface area (Å²) in [6.07, 6.45) is 1.13. The molecule has 1 amide bonds. The van der Waals surface area contributed by atoms with Crippen LogP contribution in [-0.2, 0) is 16.0 Å². The molecule has 1 atom stereocenters. The van der Waals surface area contributed by atoms with Crippen molar-refractivity contribution in [2.45, 2.75) is 26.2 Å². The fourth-order valence-corrected chi connectivity index (χ4v) is 1.67. The number of carboxylic acid groups (broad SMARTS) is 1. The molecule has 104 valence electrons. The number of hydrogen-bond acceptors (Lipinski definition) is 2. The van der Waals surface area contributed by atoms with Crippen LogP contribution < -0.4 is 5.32 Å². The lowest BCUT2D eigenvalue weighted by atomic mass is 10.0. The second-order valence-electron chi connectivity index (χ2n) is 4.50. The molecule has 0 aliphatic carbocycles. The molecule has 0 heterocycles. The maximum absolute atomic E-state index is 13.0. The van der Waals surface area contributed by atoms with E-state index in [1.807, 2.05) is 6.07 Å².